The zero-order valence-corrected chi connectivity index (χ0v) is 10.2. The lowest BCUT2D eigenvalue weighted by Gasteiger charge is -2.04. The summed E-state index contributed by atoms with van der Waals surface area (Å²) in [7, 11) is -3.09. The van der Waals surface area contributed by atoms with E-state index in [9.17, 15) is 8.42 Å². The summed E-state index contributed by atoms with van der Waals surface area (Å²) in [6.07, 6.45) is 1.98. The van der Waals surface area contributed by atoms with Crippen LogP contribution in [0.4, 0.5) is 0 Å². The standard InChI is InChI=1S/C11H17NO3S/c1-16(13,14)12-8-10-15-9-7-11-5-3-2-4-6-11/h2-6,12H,7-10H2,1H3. The Bertz CT molecular complexity index is 389. The third-order valence-corrected chi connectivity index (χ3v) is 2.72. The molecule has 0 fully saturated rings. The minimum atomic E-state index is -3.09. The summed E-state index contributed by atoms with van der Waals surface area (Å²) in [5, 5.41) is 0. The van der Waals surface area contributed by atoms with E-state index < -0.39 is 10.0 Å². The Kier molecular flexibility index (Phi) is 5.45. The molecular formula is C11H17NO3S. The maximum atomic E-state index is 10.7. The molecule has 0 amide bonds. The van der Waals surface area contributed by atoms with Gasteiger partial charge in [0, 0.05) is 6.54 Å². The molecule has 0 bridgehead atoms. The minimum Gasteiger partial charge on any atom is -0.380 e. The SMILES string of the molecule is CS(=O)(=O)NCCOCCc1ccccc1. The summed E-state index contributed by atoms with van der Waals surface area (Å²) >= 11 is 0. The fourth-order valence-electron chi connectivity index (χ4n) is 1.24. The molecule has 0 saturated heterocycles. The lowest BCUT2D eigenvalue weighted by atomic mass is 10.2. The molecule has 1 aromatic carbocycles. The molecule has 0 aromatic heterocycles. The second-order valence-corrected chi connectivity index (χ2v) is 5.35. The predicted octanol–water partition coefficient (Wildman–Crippen LogP) is 0.795. The molecule has 0 aliphatic carbocycles. The van der Waals surface area contributed by atoms with Crippen LogP contribution in [0, 0.1) is 0 Å². The molecule has 5 heteroatoms. The highest BCUT2D eigenvalue weighted by molar-refractivity contribution is 7.88. The average molecular weight is 243 g/mol. The number of hydrogen-bond donors (Lipinski definition) is 1. The summed E-state index contributed by atoms with van der Waals surface area (Å²) in [6, 6.07) is 10.0. The molecule has 90 valence electrons. The van der Waals surface area contributed by atoms with E-state index in [0.29, 0.717) is 19.8 Å². The lowest BCUT2D eigenvalue weighted by Crippen LogP contribution is -2.26. The van der Waals surface area contributed by atoms with Gasteiger partial charge in [0.25, 0.3) is 0 Å². The topological polar surface area (TPSA) is 55.4 Å². The van der Waals surface area contributed by atoms with Crippen LogP contribution in [-0.4, -0.2) is 34.4 Å². The number of sulfonamides is 1. The summed E-state index contributed by atoms with van der Waals surface area (Å²) < 4.78 is 29.1. The van der Waals surface area contributed by atoms with Crippen molar-refractivity contribution in [3.63, 3.8) is 0 Å². The van der Waals surface area contributed by atoms with E-state index >= 15 is 0 Å². The van der Waals surface area contributed by atoms with E-state index in [1.807, 2.05) is 30.3 Å². The molecule has 0 atom stereocenters. The fraction of sp³-hybridized carbons (Fsp3) is 0.455. The number of ether oxygens (including phenoxy) is 1. The second kappa shape index (κ2) is 6.62. The first kappa shape index (κ1) is 13.2. The summed E-state index contributed by atoms with van der Waals surface area (Å²) in [5.74, 6) is 0. The van der Waals surface area contributed by atoms with Gasteiger partial charge in [0.2, 0.25) is 10.0 Å². The zero-order valence-electron chi connectivity index (χ0n) is 9.35. The van der Waals surface area contributed by atoms with Gasteiger partial charge in [-0.3, -0.25) is 0 Å². The van der Waals surface area contributed by atoms with Crippen molar-refractivity contribution in [2.45, 2.75) is 6.42 Å². The fourth-order valence-corrected chi connectivity index (χ4v) is 1.69. The van der Waals surface area contributed by atoms with Gasteiger partial charge < -0.3 is 4.74 Å². The van der Waals surface area contributed by atoms with Crippen LogP contribution in [0.1, 0.15) is 5.56 Å². The largest absolute Gasteiger partial charge is 0.380 e. The van der Waals surface area contributed by atoms with E-state index in [1.165, 1.54) is 5.56 Å². The Morgan fingerprint density at radius 1 is 1.19 bits per heavy atom. The summed E-state index contributed by atoms with van der Waals surface area (Å²) in [5.41, 5.74) is 1.22. The molecule has 0 aliphatic heterocycles. The van der Waals surface area contributed by atoms with Crippen molar-refractivity contribution in [1.29, 1.82) is 0 Å². The highest BCUT2D eigenvalue weighted by atomic mass is 32.2. The van der Waals surface area contributed by atoms with Crippen LogP contribution in [0.5, 0.6) is 0 Å². The zero-order chi connectivity index (χ0) is 11.9. The molecule has 0 spiro atoms. The normalized spacial score (nSPS) is 11.6. The van der Waals surface area contributed by atoms with E-state index in [1.54, 1.807) is 0 Å². The van der Waals surface area contributed by atoms with Crippen LogP contribution in [0.15, 0.2) is 30.3 Å². The van der Waals surface area contributed by atoms with E-state index in [0.717, 1.165) is 12.7 Å². The van der Waals surface area contributed by atoms with Crippen molar-refractivity contribution in [3.05, 3.63) is 35.9 Å². The van der Waals surface area contributed by atoms with Gasteiger partial charge in [0.05, 0.1) is 19.5 Å². The van der Waals surface area contributed by atoms with Crippen LogP contribution in [-0.2, 0) is 21.2 Å². The smallest absolute Gasteiger partial charge is 0.208 e. The molecule has 0 heterocycles. The Morgan fingerprint density at radius 3 is 2.50 bits per heavy atom. The van der Waals surface area contributed by atoms with Crippen molar-refractivity contribution in [2.75, 3.05) is 26.0 Å². The third kappa shape index (κ3) is 6.55. The highest BCUT2D eigenvalue weighted by Crippen LogP contribution is 1.99. The van der Waals surface area contributed by atoms with Gasteiger partial charge in [0.15, 0.2) is 0 Å². The minimum absolute atomic E-state index is 0.327. The Balaban J connectivity index is 2.05. The Hall–Kier alpha value is -0.910. The van der Waals surface area contributed by atoms with Crippen molar-refractivity contribution in [1.82, 2.24) is 4.72 Å². The average Bonchev–Trinajstić information content (AvgIpc) is 2.23. The molecular weight excluding hydrogens is 226 g/mol. The predicted molar refractivity (Wildman–Crippen MR) is 63.8 cm³/mol. The van der Waals surface area contributed by atoms with Gasteiger partial charge in [-0.25, -0.2) is 13.1 Å². The third-order valence-electron chi connectivity index (χ3n) is 1.99. The first-order valence-electron chi connectivity index (χ1n) is 5.14. The van der Waals surface area contributed by atoms with Crippen LogP contribution in [0.25, 0.3) is 0 Å². The summed E-state index contributed by atoms with van der Waals surface area (Å²) in [6.45, 7) is 1.34. The molecule has 0 unspecified atom stereocenters. The van der Waals surface area contributed by atoms with Crippen molar-refractivity contribution >= 4 is 10.0 Å². The summed E-state index contributed by atoms with van der Waals surface area (Å²) in [4.78, 5) is 0. The van der Waals surface area contributed by atoms with Gasteiger partial charge in [-0.2, -0.15) is 0 Å². The van der Waals surface area contributed by atoms with E-state index in [-0.39, 0.29) is 0 Å². The maximum Gasteiger partial charge on any atom is 0.208 e. The number of hydrogen-bond acceptors (Lipinski definition) is 3. The van der Waals surface area contributed by atoms with Crippen molar-refractivity contribution < 1.29 is 13.2 Å². The van der Waals surface area contributed by atoms with Crippen LogP contribution >= 0.6 is 0 Å². The van der Waals surface area contributed by atoms with Crippen LogP contribution in [0.2, 0.25) is 0 Å². The molecule has 0 aliphatic rings. The molecule has 0 radical (unpaired) electrons. The van der Waals surface area contributed by atoms with E-state index in [4.69, 9.17) is 4.74 Å². The van der Waals surface area contributed by atoms with Gasteiger partial charge >= 0.3 is 0 Å². The molecule has 16 heavy (non-hydrogen) atoms. The first-order chi connectivity index (χ1) is 7.58. The molecule has 1 aromatic rings. The van der Waals surface area contributed by atoms with Crippen LogP contribution in [0.3, 0.4) is 0 Å². The monoisotopic (exact) mass is 243 g/mol. The molecule has 1 N–H and O–H groups in total. The maximum absolute atomic E-state index is 10.7. The highest BCUT2D eigenvalue weighted by Gasteiger charge is 1.98. The quantitative estimate of drug-likeness (QED) is 0.721. The molecule has 1 rings (SSSR count). The number of nitrogens with one attached hydrogen (secondary N) is 1. The number of rotatable bonds is 7. The molecule has 0 saturated carbocycles. The van der Waals surface area contributed by atoms with Gasteiger partial charge in [-0.05, 0) is 12.0 Å². The Labute approximate surface area is 96.7 Å². The van der Waals surface area contributed by atoms with Crippen molar-refractivity contribution in [3.8, 4) is 0 Å². The van der Waals surface area contributed by atoms with Crippen LogP contribution < -0.4 is 4.72 Å². The number of benzene rings is 1. The van der Waals surface area contributed by atoms with Gasteiger partial charge in [0.1, 0.15) is 0 Å². The van der Waals surface area contributed by atoms with Gasteiger partial charge in [-0.15, -0.1) is 0 Å². The Morgan fingerprint density at radius 2 is 1.88 bits per heavy atom. The lowest BCUT2D eigenvalue weighted by molar-refractivity contribution is 0.142. The second-order valence-electron chi connectivity index (χ2n) is 3.51. The van der Waals surface area contributed by atoms with E-state index in [2.05, 4.69) is 4.72 Å². The first-order valence-corrected chi connectivity index (χ1v) is 7.03. The molecule has 4 nitrogen and oxygen atoms in total. The van der Waals surface area contributed by atoms with Crippen molar-refractivity contribution in [2.24, 2.45) is 0 Å². The van der Waals surface area contributed by atoms with Gasteiger partial charge in [-0.1, -0.05) is 30.3 Å².